The molecule has 0 saturated heterocycles. The Hall–Kier alpha value is -0.670. The highest BCUT2D eigenvalue weighted by Gasteiger charge is 2.35. The van der Waals surface area contributed by atoms with Gasteiger partial charge in [0.1, 0.15) is 18.4 Å². The van der Waals surface area contributed by atoms with Crippen molar-refractivity contribution in [3.05, 3.63) is 0 Å². The van der Waals surface area contributed by atoms with Gasteiger partial charge in [-0.1, -0.05) is 19.8 Å². The smallest absolute Gasteiger partial charge is 0.309 e. The van der Waals surface area contributed by atoms with Gasteiger partial charge >= 0.3 is 5.97 Å². The van der Waals surface area contributed by atoms with E-state index in [1.807, 2.05) is 0 Å². The average molecular weight is 288 g/mol. The maximum Gasteiger partial charge on any atom is 0.309 e. The van der Waals surface area contributed by atoms with Crippen LogP contribution in [0.25, 0.3) is 0 Å². The Bertz CT molecular complexity index is 314. The lowest BCUT2D eigenvalue weighted by Gasteiger charge is -2.31. The Kier molecular flexibility index (Phi) is 5.79. The van der Waals surface area contributed by atoms with Gasteiger partial charge in [-0.25, -0.2) is 8.78 Å². The fourth-order valence-electron chi connectivity index (χ4n) is 3.51. The zero-order valence-electron chi connectivity index (χ0n) is 12.3. The van der Waals surface area contributed by atoms with E-state index in [2.05, 4.69) is 6.92 Å². The second-order valence-electron chi connectivity index (χ2n) is 6.41. The molecule has 20 heavy (non-hydrogen) atoms. The van der Waals surface area contributed by atoms with Crippen molar-refractivity contribution in [1.29, 1.82) is 0 Å². The summed E-state index contributed by atoms with van der Waals surface area (Å²) < 4.78 is 32.0. The molecule has 0 aromatic rings. The van der Waals surface area contributed by atoms with Crippen molar-refractivity contribution in [1.82, 2.24) is 0 Å². The maximum absolute atomic E-state index is 13.7. The van der Waals surface area contributed by atoms with Crippen LogP contribution in [0.1, 0.15) is 64.7 Å². The molecule has 4 heteroatoms. The number of hydrogen-bond donors (Lipinski definition) is 0. The maximum atomic E-state index is 13.7. The zero-order valence-corrected chi connectivity index (χ0v) is 12.3. The van der Waals surface area contributed by atoms with Gasteiger partial charge in [0.2, 0.25) is 0 Å². The van der Waals surface area contributed by atoms with Crippen molar-refractivity contribution in [2.24, 2.45) is 11.8 Å². The first kappa shape index (κ1) is 15.7. The van der Waals surface area contributed by atoms with Crippen LogP contribution in [-0.4, -0.2) is 24.4 Å². The van der Waals surface area contributed by atoms with Crippen molar-refractivity contribution in [3.8, 4) is 0 Å². The van der Waals surface area contributed by atoms with E-state index in [4.69, 9.17) is 4.74 Å². The highest BCUT2D eigenvalue weighted by Crippen LogP contribution is 2.33. The first-order valence-corrected chi connectivity index (χ1v) is 8.08. The Morgan fingerprint density at radius 1 is 1.10 bits per heavy atom. The molecule has 0 amide bonds. The van der Waals surface area contributed by atoms with Crippen LogP contribution in [0.15, 0.2) is 0 Å². The van der Waals surface area contributed by atoms with E-state index in [0.717, 1.165) is 31.6 Å². The van der Waals surface area contributed by atoms with Crippen LogP contribution < -0.4 is 0 Å². The van der Waals surface area contributed by atoms with Gasteiger partial charge in [-0.15, -0.1) is 0 Å². The minimum atomic E-state index is -1.33. The molecule has 2 saturated carbocycles. The van der Waals surface area contributed by atoms with Crippen LogP contribution in [0.2, 0.25) is 0 Å². The van der Waals surface area contributed by atoms with Gasteiger partial charge in [-0.2, -0.15) is 0 Å². The summed E-state index contributed by atoms with van der Waals surface area (Å²) in [5, 5.41) is 0. The molecule has 3 unspecified atom stereocenters. The lowest BCUT2D eigenvalue weighted by atomic mass is 9.80. The van der Waals surface area contributed by atoms with Crippen LogP contribution >= 0.6 is 0 Å². The summed E-state index contributed by atoms with van der Waals surface area (Å²) in [4.78, 5) is 12.1. The Morgan fingerprint density at radius 2 is 1.80 bits per heavy atom. The number of halogens is 2. The molecule has 0 aromatic heterocycles. The second-order valence-corrected chi connectivity index (χ2v) is 6.41. The van der Waals surface area contributed by atoms with Crippen LogP contribution in [0.5, 0.6) is 0 Å². The summed E-state index contributed by atoms with van der Waals surface area (Å²) in [6, 6.07) is 0. The van der Waals surface area contributed by atoms with Crippen LogP contribution in [0.4, 0.5) is 8.78 Å². The van der Waals surface area contributed by atoms with Crippen LogP contribution in [0, 0.1) is 11.8 Å². The summed E-state index contributed by atoms with van der Waals surface area (Å²) in [7, 11) is 0. The molecule has 0 spiro atoms. The van der Waals surface area contributed by atoms with Gasteiger partial charge in [0.25, 0.3) is 0 Å². The summed E-state index contributed by atoms with van der Waals surface area (Å²) in [6.07, 6.45) is 3.66. The predicted octanol–water partition coefficient (Wildman–Crippen LogP) is 4.36. The monoisotopic (exact) mass is 288 g/mol. The third kappa shape index (κ3) is 4.16. The van der Waals surface area contributed by atoms with E-state index < -0.39 is 18.4 Å². The molecular formula is C16H26F2O2. The van der Waals surface area contributed by atoms with E-state index in [9.17, 15) is 13.6 Å². The quantitative estimate of drug-likeness (QED) is 0.718. The minimum absolute atomic E-state index is 0.0709. The first-order chi connectivity index (χ1) is 9.60. The summed E-state index contributed by atoms with van der Waals surface area (Å²) in [5.74, 6) is 0.406. The van der Waals surface area contributed by atoms with Crippen LogP contribution in [0.3, 0.4) is 0 Å². The highest BCUT2D eigenvalue weighted by atomic mass is 19.1. The van der Waals surface area contributed by atoms with Gasteiger partial charge in [0.15, 0.2) is 0 Å². The Morgan fingerprint density at radius 3 is 2.40 bits per heavy atom. The summed E-state index contributed by atoms with van der Waals surface area (Å²) >= 11 is 0. The molecule has 2 fully saturated rings. The molecule has 0 bridgehead atoms. The van der Waals surface area contributed by atoms with Crippen molar-refractivity contribution in [2.75, 3.05) is 0 Å². The molecule has 2 nitrogen and oxygen atoms in total. The third-order valence-electron chi connectivity index (χ3n) is 4.79. The normalized spacial score (nSPS) is 38.5. The highest BCUT2D eigenvalue weighted by molar-refractivity contribution is 5.72. The van der Waals surface area contributed by atoms with E-state index in [1.165, 1.54) is 12.8 Å². The SMILES string of the molecule is CCCC1CCC(C(=O)OC2CCC(F)CC2F)CC1. The number of hydrogen-bond acceptors (Lipinski definition) is 2. The number of rotatable bonds is 4. The Labute approximate surface area is 120 Å². The fraction of sp³-hybridized carbons (Fsp3) is 0.938. The van der Waals surface area contributed by atoms with E-state index in [0.29, 0.717) is 12.8 Å². The van der Waals surface area contributed by atoms with Crippen molar-refractivity contribution in [3.63, 3.8) is 0 Å². The molecule has 0 aromatic carbocycles. The molecule has 3 atom stereocenters. The van der Waals surface area contributed by atoms with Gasteiger partial charge in [-0.3, -0.25) is 4.79 Å². The average Bonchev–Trinajstić information content (AvgIpc) is 2.43. The lowest BCUT2D eigenvalue weighted by molar-refractivity contribution is -0.162. The molecule has 2 aliphatic rings. The standard InChI is InChI=1S/C16H26F2O2/c1-2-3-11-4-6-12(7-5-11)16(19)20-15-9-8-13(17)10-14(15)18/h11-15H,2-10H2,1H3. The van der Waals surface area contributed by atoms with Gasteiger partial charge < -0.3 is 4.74 Å². The lowest BCUT2D eigenvalue weighted by Crippen LogP contribution is -2.37. The summed E-state index contributed by atoms with van der Waals surface area (Å²) in [5.41, 5.74) is 0. The molecule has 0 heterocycles. The third-order valence-corrected chi connectivity index (χ3v) is 4.79. The van der Waals surface area contributed by atoms with Gasteiger partial charge in [-0.05, 0) is 44.4 Å². The Balaban J connectivity index is 1.75. The number of carbonyl (C=O) groups excluding carboxylic acids is 1. The zero-order chi connectivity index (χ0) is 14.5. The molecule has 0 N–H and O–H groups in total. The van der Waals surface area contributed by atoms with Crippen molar-refractivity contribution in [2.45, 2.75) is 83.2 Å². The minimum Gasteiger partial charge on any atom is -0.459 e. The second kappa shape index (κ2) is 7.37. The van der Waals surface area contributed by atoms with Gasteiger partial charge in [0, 0.05) is 6.42 Å². The van der Waals surface area contributed by atoms with Crippen molar-refractivity contribution >= 4 is 5.97 Å². The molecule has 116 valence electrons. The van der Waals surface area contributed by atoms with Gasteiger partial charge in [0.05, 0.1) is 5.92 Å². The molecule has 2 rings (SSSR count). The number of alkyl halides is 2. The summed E-state index contributed by atoms with van der Waals surface area (Å²) in [6.45, 7) is 2.18. The van der Waals surface area contributed by atoms with E-state index >= 15 is 0 Å². The van der Waals surface area contributed by atoms with Crippen LogP contribution in [-0.2, 0) is 9.53 Å². The molecule has 0 radical (unpaired) electrons. The molecule has 0 aliphatic heterocycles. The molecular weight excluding hydrogens is 262 g/mol. The van der Waals surface area contributed by atoms with Crippen molar-refractivity contribution < 1.29 is 18.3 Å². The number of ether oxygens (including phenoxy) is 1. The van der Waals surface area contributed by atoms with E-state index in [1.54, 1.807) is 0 Å². The van der Waals surface area contributed by atoms with E-state index in [-0.39, 0.29) is 18.3 Å². The number of esters is 1. The number of carbonyl (C=O) groups is 1. The predicted molar refractivity (Wildman–Crippen MR) is 73.9 cm³/mol. The molecule has 2 aliphatic carbocycles. The largest absolute Gasteiger partial charge is 0.459 e. The first-order valence-electron chi connectivity index (χ1n) is 8.08. The topological polar surface area (TPSA) is 26.3 Å². The fourth-order valence-corrected chi connectivity index (χ4v) is 3.51.